The van der Waals surface area contributed by atoms with Gasteiger partial charge >= 0.3 is 0 Å². The molecule has 1 aromatic carbocycles. The van der Waals surface area contributed by atoms with Crippen molar-refractivity contribution in [1.82, 2.24) is 10.6 Å². The van der Waals surface area contributed by atoms with Crippen molar-refractivity contribution in [2.45, 2.75) is 25.9 Å². The number of methoxy groups -OCH3 is 1. The van der Waals surface area contributed by atoms with Gasteiger partial charge in [0.15, 0.2) is 0 Å². The van der Waals surface area contributed by atoms with Gasteiger partial charge in [-0.3, -0.25) is 10.1 Å². The van der Waals surface area contributed by atoms with Gasteiger partial charge in [0.25, 0.3) is 0 Å². The van der Waals surface area contributed by atoms with Crippen molar-refractivity contribution in [3.63, 3.8) is 0 Å². The lowest BCUT2D eigenvalue weighted by Gasteiger charge is -2.19. The van der Waals surface area contributed by atoms with Gasteiger partial charge in [0, 0.05) is 13.1 Å². The lowest BCUT2D eigenvalue weighted by molar-refractivity contribution is -0.122. The molecule has 0 radical (unpaired) electrons. The second-order valence-corrected chi connectivity index (χ2v) is 4.97. The molecule has 5 heteroatoms. The second kappa shape index (κ2) is 6.75. The Labute approximate surface area is 116 Å². The SMILES string of the molecule is CNC(=O)C(C)NC(C)c1ccc(OC)c(Br)c1. The molecule has 1 rings (SSSR count). The van der Waals surface area contributed by atoms with Gasteiger partial charge in [-0.05, 0) is 47.5 Å². The van der Waals surface area contributed by atoms with Gasteiger partial charge in [-0.15, -0.1) is 0 Å². The van der Waals surface area contributed by atoms with Crippen LogP contribution >= 0.6 is 15.9 Å². The molecule has 0 spiro atoms. The van der Waals surface area contributed by atoms with E-state index in [2.05, 4.69) is 26.6 Å². The molecule has 0 fully saturated rings. The van der Waals surface area contributed by atoms with Crippen LogP contribution in [0.2, 0.25) is 0 Å². The molecule has 1 aromatic rings. The topological polar surface area (TPSA) is 50.4 Å². The summed E-state index contributed by atoms with van der Waals surface area (Å²) < 4.78 is 6.09. The average molecular weight is 315 g/mol. The fourth-order valence-electron chi connectivity index (χ4n) is 1.72. The molecule has 0 aromatic heterocycles. The zero-order chi connectivity index (χ0) is 13.7. The highest BCUT2D eigenvalue weighted by molar-refractivity contribution is 9.10. The summed E-state index contributed by atoms with van der Waals surface area (Å²) in [6, 6.07) is 5.73. The van der Waals surface area contributed by atoms with Crippen molar-refractivity contribution in [2.24, 2.45) is 0 Å². The van der Waals surface area contributed by atoms with Gasteiger partial charge < -0.3 is 10.1 Å². The van der Waals surface area contributed by atoms with E-state index >= 15 is 0 Å². The van der Waals surface area contributed by atoms with Gasteiger partial charge in [0.05, 0.1) is 17.6 Å². The zero-order valence-electron chi connectivity index (χ0n) is 11.1. The van der Waals surface area contributed by atoms with E-state index < -0.39 is 0 Å². The van der Waals surface area contributed by atoms with E-state index in [1.807, 2.05) is 32.0 Å². The number of halogens is 1. The highest BCUT2D eigenvalue weighted by atomic mass is 79.9. The Bertz CT molecular complexity index is 423. The summed E-state index contributed by atoms with van der Waals surface area (Å²) in [4.78, 5) is 11.4. The summed E-state index contributed by atoms with van der Waals surface area (Å²) in [5.41, 5.74) is 1.10. The Kier molecular flexibility index (Phi) is 5.62. The van der Waals surface area contributed by atoms with Crippen LogP contribution in [-0.2, 0) is 4.79 Å². The average Bonchev–Trinajstić information content (AvgIpc) is 2.37. The third kappa shape index (κ3) is 3.71. The Morgan fingerprint density at radius 1 is 1.39 bits per heavy atom. The summed E-state index contributed by atoms with van der Waals surface area (Å²) >= 11 is 3.45. The molecule has 0 saturated heterocycles. The molecule has 0 saturated carbocycles. The monoisotopic (exact) mass is 314 g/mol. The first-order chi connectivity index (χ1) is 8.49. The molecular formula is C13H19BrN2O2. The van der Waals surface area contributed by atoms with E-state index in [1.54, 1.807) is 14.2 Å². The molecule has 0 aliphatic rings. The quantitative estimate of drug-likeness (QED) is 0.876. The highest BCUT2D eigenvalue weighted by Gasteiger charge is 2.15. The highest BCUT2D eigenvalue weighted by Crippen LogP contribution is 2.28. The standard InChI is InChI=1S/C13H19BrN2O2/c1-8(16-9(2)13(17)15-3)10-5-6-12(18-4)11(14)7-10/h5-9,16H,1-4H3,(H,15,17). The zero-order valence-corrected chi connectivity index (χ0v) is 12.7. The number of nitrogens with one attached hydrogen (secondary N) is 2. The van der Waals surface area contributed by atoms with E-state index in [9.17, 15) is 4.79 Å². The molecule has 100 valence electrons. The number of benzene rings is 1. The second-order valence-electron chi connectivity index (χ2n) is 4.12. The molecule has 2 atom stereocenters. The largest absolute Gasteiger partial charge is 0.496 e. The first-order valence-corrected chi connectivity index (χ1v) is 6.60. The number of carbonyl (C=O) groups excluding carboxylic acids is 1. The van der Waals surface area contributed by atoms with Gasteiger partial charge in [-0.25, -0.2) is 0 Å². The molecule has 0 heterocycles. The Morgan fingerprint density at radius 2 is 2.06 bits per heavy atom. The number of rotatable bonds is 5. The van der Waals surface area contributed by atoms with Crippen LogP contribution in [-0.4, -0.2) is 26.1 Å². The van der Waals surface area contributed by atoms with Gasteiger partial charge in [-0.1, -0.05) is 6.07 Å². The summed E-state index contributed by atoms with van der Waals surface area (Å²) in [6.45, 7) is 3.86. The van der Waals surface area contributed by atoms with Crippen molar-refractivity contribution in [3.05, 3.63) is 28.2 Å². The maximum atomic E-state index is 11.4. The lowest BCUT2D eigenvalue weighted by atomic mass is 10.1. The van der Waals surface area contributed by atoms with Crippen LogP contribution in [0, 0.1) is 0 Å². The van der Waals surface area contributed by atoms with E-state index in [1.165, 1.54) is 0 Å². The van der Waals surface area contributed by atoms with Crippen molar-refractivity contribution >= 4 is 21.8 Å². The van der Waals surface area contributed by atoms with Gasteiger partial charge in [0.1, 0.15) is 5.75 Å². The van der Waals surface area contributed by atoms with Crippen LogP contribution in [0.15, 0.2) is 22.7 Å². The van der Waals surface area contributed by atoms with E-state index in [0.717, 1.165) is 15.8 Å². The Hall–Kier alpha value is -1.07. The minimum absolute atomic E-state index is 0.0190. The van der Waals surface area contributed by atoms with Crippen LogP contribution < -0.4 is 15.4 Å². The summed E-state index contributed by atoms with van der Waals surface area (Å²) in [6.07, 6.45) is 0. The molecule has 2 unspecified atom stereocenters. The number of hydrogen-bond acceptors (Lipinski definition) is 3. The fraction of sp³-hybridized carbons (Fsp3) is 0.462. The van der Waals surface area contributed by atoms with Crippen LogP contribution in [0.4, 0.5) is 0 Å². The van der Waals surface area contributed by atoms with Gasteiger partial charge in [0.2, 0.25) is 5.91 Å². The molecule has 2 N–H and O–H groups in total. The number of ether oxygens (including phenoxy) is 1. The first-order valence-electron chi connectivity index (χ1n) is 5.80. The summed E-state index contributed by atoms with van der Waals surface area (Å²) in [5.74, 6) is 0.778. The van der Waals surface area contributed by atoms with Gasteiger partial charge in [-0.2, -0.15) is 0 Å². The maximum Gasteiger partial charge on any atom is 0.236 e. The third-order valence-electron chi connectivity index (χ3n) is 2.82. The van der Waals surface area contributed by atoms with Crippen LogP contribution in [0.1, 0.15) is 25.5 Å². The number of carbonyl (C=O) groups is 1. The molecular weight excluding hydrogens is 296 g/mol. The van der Waals surface area contributed by atoms with E-state index in [-0.39, 0.29) is 18.0 Å². The smallest absolute Gasteiger partial charge is 0.236 e. The Morgan fingerprint density at radius 3 is 2.56 bits per heavy atom. The number of amides is 1. The molecule has 1 amide bonds. The molecule has 4 nitrogen and oxygen atoms in total. The number of hydrogen-bond donors (Lipinski definition) is 2. The Balaban J connectivity index is 2.75. The van der Waals surface area contributed by atoms with Crippen molar-refractivity contribution < 1.29 is 9.53 Å². The lowest BCUT2D eigenvalue weighted by Crippen LogP contribution is -2.41. The van der Waals surface area contributed by atoms with Crippen LogP contribution in [0.3, 0.4) is 0 Å². The first kappa shape index (κ1) is 15.0. The number of likely N-dealkylation sites (N-methyl/N-ethyl adjacent to an activating group) is 1. The predicted octanol–water partition coefficient (Wildman–Crippen LogP) is 2.24. The summed E-state index contributed by atoms with van der Waals surface area (Å²) in [5, 5.41) is 5.86. The predicted molar refractivity (Wildman–Crippen MR) is 75.8 cm³/mol. The van der Waals surface area contributed by atoms with E-state index in [0.29, 0.717) is 0 Å². The molecule has 18 heavy (non-hydrogen) atoms. The van der Waals surface area contributed by atoms with Crippen molar-refractivity contribution in [1.29, 1.82) is 0 Å². The maximum absolute atomic E-state index is 11.4. The molecule has 0 aliphatic carbocycles. The molecule has 0 aliphatic heterocycles. The minimum atomic E-state index is -0.231. The molecule has 0 bridgehead atoms. The van der Waals surface area contributed by atoms with E-state index in [4.69, 9.17) is 4.74 Å². The fourth-order valence-corrected chi connectivity index (χ4v) is 2.27. The van der Waals surface area contributed by atoms with Crippen molar-refractivity contribution in [3.8, 4) is 5.75 Å². The normalized spacial score (nSPS) is 13.8. The third-order valence-corrected chi connectivity index (χ3v) is 3.44. The van der Waals surface area contributed by atoms with Crippen molar-refractivity contribution in [2.75, 3.05) is 14.2 Å². The van der Waals surface area contributed by atoms with Crippen LogP contribution in [0.5, 0.6) is 5.75 Å². The minimum Gasteiger partial charge on any atom is -0.496 e. The van der Waals surface area contributed by atoms with Crippen LogP contribution in [0.25, 0.3) is 0 Å². The summed E-state index contributed by atoms with van der Waals surface area (Å²) in [7, 11) is 3.27.